The minimum absolute atomic E-state index is 0.0410. The minimum atomic E-state index is -0.446. The smallest absolute Gasteiger partial charge is 0.261 e. The summed E-state index contributed by atoms with van der Waals surface area (Å²) in [4.78, 5) is 40.2. The zero-order valence-corrected chi connectivity index (χ0v) is 14.7. The molecule has 7 nitrogen and oxygen atoms in total. The van der Waals surface area contributed by atoms with Crippen LogP contribution in [-0.4, -0.2) is 47.9 Å². The number of nitrogens with zero attached hydrogens (tertiary/aromatic N) is 1. The molecule has 1 aliphatic heterocycles. The molecule has 1 aromatic heterocycles. The van der Waals surface area contributed by atoms with Gasteiger partial charge in [-0.15, -0.1) is 0 Å². The van der Waals surface area contributed by atoms with Gasteiger partial charge in [0.2, 0.25) is 5.91 Å². The van der Waals surface area contributed by atoms with Gasteiger partial charge in [-0.3, -0.25) is 14.4 Å². The van der Waals surface area contributed by atoms with Gasteiger partial charge in [0.05, 0.1) is 10.9 Å². The number of carbonyl (C=O) groups is 2. The average Bonchev–Trinajstić information content (AvgIpc) is 2.53. The summed E-state index contributed by atoms with van der Waals surface area (Å²) in [5.41, 5.74) is 5.97. The fourth-order valence-electron chi connectivity index (χ4n) is 3.03. The molecule has 1 fully saturated rings. The van der Waals surface area contributed by atoms with E-state index in [0.717, 1.165) is 19.4 Å². The summed E-state index contributed by atoms with van der Waals surface area (Å²) in [7, 11) is 0. The third kappa shape index (κ3) is 4.15. The predicted octanol–water partition coefficient (Wildman–Crippen LogP) is 0.572. The van der Waals surface area contributed by atoms with E-state index >= 15 is 0 Å². The van der Waals surface area contributed by atoms with Gasteiger partial charge in [-0.25, -0.2) is 0 Å². The van der Waals surface area contributed by atoms with Crippen molar-refractivity contribution in [1.29, 1.82) is 0 Å². The lowest BCUT2D eigenvalue weighted by Gasteiger charge is -2.31. The molecule has 132 valence electrons. The van der Waals surface area contributed by atoms with Gasteiger partial charge >= 0.3 is 0 Å². The number of primary amides is 1. The van der Waals surface area contributed by atoms with E-state index in [0.29, 0.717) is 35.9 Å². The number of halogens is 1. The Bertz CT molecular complexity index is 701. The number of aromatic amines is 1. The third-order valence-corrected chi connectivity index (χ3v) is 4.98. The van der Waals surface area contributed by atoms with Crippen LogP contribution in [0.5, 0.6) is 0 Å². The molecule has 1 atom stereocenters. The topological polar surface area (TPSA) is 108 Å². The number of nitrogens with one attached hydrogen (secondary N) is 2. The number of aryl methyl sites for hydroxylation is 1. The van der Waals surface area contributed by atoms with Gasteiger partial charge in [-0.2, -0.15) is 0 Å². The van der Waals surface area contributed by atoms with Gasteiger partial charge in [-0.1, -0.05) is 11.6 Å². The van der Waals surface area contributed by atoms with E-state index in [4.69, 9.17) is 17.3 Å². The van der Waals surface area contributed by atoms with Crippen molar-refractivity contribution < 1.29 is 9.59 Å². The molecule has 0 aliphatic carbocycles. The molecule has 24 heavy (non-hydrogen) atoms. The highest BCUT2D eigenvalue weighted by molar-refractivity contribution is 6.32. The largest absolute Gasteiger partial charge is 0.369 e. The van der Waals surface area contributed by atoms with Crippen LogP contribution in [0.3, 0.4) is 0 Å². The van der Waals surface area contributed by atoms with E-state index in [2.05, 4.69) is 15.2 Å². The van der Waals surface area contributed by atoms with Crippen LogP contribution in [-0.2, 0) is 4.79 Å². The molecule has 0 saturated carbocycles. The van der Waals surface area contributed by atoms with Gasteiger partial charge in [0.1, 0.15) is 5.56 Å². The first kappa shape index (κ1) is 18.5. The highest BCUT2D eigenvalue weighted by atomic mass is 35.5. The van der Waals surface area contributed by atoms with E-state index in [1.165, 1.54) is 0 Å². The molecule has 4 N–H and O–H groups in total. The van der Waals surface area contributed by atoms with E-state index in [-0.39, 0.29) is 17.4 Å². The third-order valence-electron chi connectivity index (χ3n) is 4.41. The van der Waals surface area contributed by atoms with Crippen molar-refractivity contribution in [2.75, 3.05) is 26.2 Å². The Balaban J connectivity index is 1.94. The molecule has 2 heterocycles. The van der Waals surface area contributed by atoms with Gasteiger partial charge < -0.3 is 20.9 Å². The number of likely N-dealkylation sites (tertiary alicyclic amines) is 1. The average molecular weight is 355 g/mol. The van der Waals surface area contributed by atoms with Crippen LogP contribution in [0.1, 0.15) is 34.5 Å². The molecule has 0 aromatic carbocycles. The zero-order valence-electron chi connectivity index (χ0n) is 13.9. The molecule has 1 saturated heterocycles. The Morgan fingerprint density at radius 1 is 1.42 bits per heavy atom. The molecule has 0 spiro atoms. The lowest BCUT2D eigenvalue weighted by molar-refractivity contribution is -0.123. The number of pyridine rings is 1. The summed E-state index contributed by atoms with van der Waals surface area (Å²) in [5, 5.41) is 3.13. The highest BCUT2D eigenvalue weighted by Crippen LogP contribution is 2.19. The van der Waals surface area contributed by atoms with Crippen LogP contribution >= 0.6 is 11.6 Å². The summed E-state index contributed by atoms with van der Waals surface area (Å²) in [5.74, 6) is -0.852. The maximum atomic E-state index is 12.3. The molecular formula is C16H23ClN4O3. The maximum Gasteiger partial charge on any atom is 0.261 e. The van der Waals surface area contributed by atoms with Gasteiger partial charge in [-0.05, 0) is 38.8 Å². The number of amides is 2. The SMILES string of the molecule is Cc1[nH]c(=O)c(C(=O)NCCN2CCC[C@H](C(N)=O)C2)c(C)c1Cl. The quantitative estimate of drug-likeness (QED) is 0.718. The van der Waals surface area contributed by atoms with E-state index in [9.17, 15) is 14.4 Å². The van der Waals surface area contributed by atoms with Crippen molar-refractivity contribution >= 4 is 23.4 Å². The molecule has 0 bridgehead atoms. The second-order valence-electron chi connectivity index (χ2n) is 6.19. The van der Waals surface area contributed by atoms with Crippen LogP contribution in [0, 0.1) is 19.8 Å². The molecule has 0 unspecified atom stereocenters. The standard InChI is InChI=1S/C16H23ClN4O3/c1-9-12(16(24)20-10(2)13(9)17)15(23)19-5-7-21-6-3-4-11(8-21)14(18)22/h11H,3-8H2,1-2H3,(H2,18,22)(H,19,23)(H,20,24)/t11-/m0/s1. The monoisotopic (exact) mass is 354 g/mol. The molecule has 2 rings (SSSR count). The van der Waals surface area contributed by atoms with Crippen LogP contribution in [0.4, 0.5) is 0 Å². The van der Waals surface area contributed by atoms with Crippen molar-refractivity contribution in [2.24, 2.45) is 11.7 Å². The Morgan fingerprint density at radius 3 is 2.79 bits per heavy atom. The Hall–Kier alpha value is -1.86. The van der Waals surface area contributed by atoms with Crippen LogP contribution in [0.25, 0.3) is 0 Å². The fraction of sp³-hybridized carbons (Fsp3) is 0.562. The Morgan fingerprint density at radius 2 is 2.12 bits per heavy atom. The number of H-pyrrole nitrogens is 1. The summed E-state index contributed by atoms with van der Waals surface area (Å²) >= 11 is 6.10. The zero-order chi connectivity index (χ0) is 17.9. The number of nitrogens with two attached hydrogens (primary N) is 1. The normalized spacial score (nSPS) is 18.4. The lowest BCUT2D eigenvalue weighted by Crippen LogP contribution is -2.44. The fourth-order valence-corrected chi connectivity index (χ4v) is 3.17. The summed E-state index contributed by atoms with van der Waals surface area (Å²) < 4.78 is 0. The van der Waals surface area contributed by atoms with E-state index in [1.807, 2.05) is 0 Å². The molecule has 2 amide bonds. The molecule has 8 heteroatoms. The first-order chi connectivity index (χ1) is 11.3. The number of aromatic nitrogens is 1. The van der Waals surface area contributed by atoms with Crippen molar-refractivity contribution in [3.63, 3.8) is 0 Å². The molecule has 0 radical (unpaired) electrons. The van der Waals surface area contributed by atoms with Gasteiger partial charge in [0.25, 0.3) is 11.5 Å². The summed E-state index contributed by atoms with van der Waals surface area (Å²) in [6.45, 7) is 5.81. The lowest BCUT2D eigenvalue weighted by atomic mass is 9.97. The number of piperidine rings is 1. The van der Waals surface area contributed by atoms with E-state index in [1.54, 1.807) is 13.8 Å². The van der Waals surface area contributed by atoms with Crippen LogP contribution in [0.15, 0.2) is 4.79 Å². The van der Waals surface area contributed by atoms with Crippen molar-refractivity contribution in [2.45, 2.75) is 26.7 Å². The van der Waals surface area contributed by atoms with Crippen molar-refractivity contribution in [3.05, 3.63) is 32.2 Å². The number of hydrogen-bond donors (Lipinski definition) is 3. The number of rotatable bonds is 5. The minimum Gasteiger partial charge on any atom is -0.369 e. The molecular weight excluding hydrogens is 332 g/mol. The first-order valence-electron chi connectivity index (χ1n) is 8.00. The summed E-state index contributed by atoms with van der Waals surface area (Å²) in [6.07, 6.45) is 1.72. The Kier molecular flexibility index (Phi) is 6.01. The predicted molar refractivity (Wildman–Crippen MR) is 92.2 cm³/mol. The van der Waals surface area contributed by atoms with E-state index < -0.39 is 11.5 Å². The summed E-state index contributed by atoms with van der Waals surface area (Å²) in [6, 6.07) is 0. The van der Waals surface area contributed by atoms with Gasteiger partial charge in [0.15, 0.2) is 0 Å². The molecule has 1 aliphatic rings. The molecule has 1 aromatic rings. The van der Waals surface area contributed by atoms with Crippen LogP contribution in [0.2, 0.25) is 5.02 Å². The van der Waals surface area contributed by atoms with Crippen molar-refractivity contribution in [3.8, 4) is 0 Å². The number of hydrogen-bond acceptors (Lipinski definition) is 4. The Labute approximate surface area is 145 Å². The van der Waals surface area contributed by atoms with Crippen molar-refractivity contribution in [1.82, 2.24) is 15.2 Å². The van der Waals surface area contributed by atoms with Gasteiger partial charge in [0, 0.05) is 25.3 Å². The van der Waals surface area contributed by atoms with Crippen LogP contribution < -0.4 is 16.6 Å². The number of carbonyl (C=O) groups excluding carboxylic acids is 2. The second-order valence-corrected chi connectivity index (χ2v) is 6.57. The first-order valence-corrected chi connectivity index (χ1v) is 8.38. The maximum absolute atomic E-state index is 12.3. The highest BCUT2D eigenvalue weighted by Gasteiger charge is 2.24. The second kappa shape index (κ2) is 7.81.